The first-order valence-electron chi connectivity index (χ1n) is 8.67. The zero-order valence-electron chi connectivity index (χ0n) is 14.7. The van der Waals surface area contributed by atoms with Gasteiger partial charge in [0.2, 0.25) is 5.91 Å². The molecule has 0 fully saturated rings. The standard InChI is InChI=1S/C20H24N2O3/c1-14(11-16-5-3-4-6-18(16)25-2)12-19(23)22-10-8-15-7-9-21-20(24)17(15)13-22/h3-7,9,14H,8,10-13H2,1-2H3,(H,21,24). The SMILES string of the molecule is COc1ccccc1CC(C)CC(=O)N1CCc2cc[nH]c(=O)c2C1. The molecule has 1 unspecified atom stereocenters. The smallest absolute Gasteiger partial charge is 0.253 e. The van der Waals surface area contributed by atoms with Gasteiger partial charge < -0.3 is 14.6 Å². The van der Waals surface area contributed by atoms with Crippen molar-refractivity contribution in [3.8, 4) is 5.75 Å². The second kappa shape index (κ2) is 7.55. The molecule has 2 heterocycles. The molecular weight excluding hydrogens is 316 g/mol. The van der Waals surface area contributed by atoms with Crippen LogP contribution in [-0.2, 0) is 24.2 Å². The summed E-state index contributed by atoms with van der Waals surface area (Å²) >= 11 is 0. The highest BCUT2D eigenvalue weighted by molar-refractivity contribution is 5.76. The molecule has 0 bridgehead atoms. The molecule has 0 radical (unpaired) electrons. The Morgan fingerprint density at radius 1 is 1.32 bits per heavy atom. The summed E-state index contributed by atoms with van der Waals surface area (Å²) in [6, 6.07) is 9.85. The molecule has 0 saturated heterocycles. The van der Waals surface area contributed by atoms with Crippen LogP contribution in [0, 0.1) is 5.92 Å². The number of pyridine rings is 1. The first-order chi connectivity index (χ1) is 12.1. The lowest BCUT2D eigenvalue weighted by Crippen LogP contribution is -2.39. The predicted molar refractivity (Wildman–Crippen MR) is 96.7 cm³/mol. The van der Waals surface area contributed by atoms with Crippen LogP contribution in [0.15, 0.2) is 41.3 Å². The number of carbonyl (C=O) groups excluding carboxylic acids is 1. The molecule has 3 rings (SSSR count). The van der Waals surface area contributed by atoms with Crippen LogP contribution in [0.4, 0.5) is 0 Å². The average Bonchev–Trinajstić information content (AvgIpc) is 2.62. The van der Waals surface area contributed by atoms with Crippen LogP contribution in [0.1, 0.15) is 30.0 Å². The minimum absolute atomic E-state index is 0.0860. The third-order valence-corrected chi connectivity index (χ3v) is 4.80. The Morgan fingerprint density at radius 3 is 2.92 bits per heavy atom. The molecule has 132 valence electrons. The van der Waals surface area contributed by atoms with Crippen LogP contribution in [-0.4, -0.2) is 29.4 Å². The van der Waals surface area contributed by atoms with Crippen molar-refractivity contribution in [2.24, 2.45) is 5.92 Å². The van der Waals surface area contributed by atoms with Gasteiger partial charge in [0.05, 0.1) is 13.7 Å². The van der Waals surface area contributed by atoms with Crippen molar-refractivity contribution in [3.63, 3.8) is 0 Å². The van der Waals surface area contributed by atoms with Crippen LogP contribution in [0.2, 0.25) is 0 Å². The lowest BCUT2D eigenvalue weighted by Gasteiger charge is -2.29. The molecule has 1 aliphatic rings. The Kier molecular flexibility index (Phi) is 5.22. The number of benzene rings is 1. The number of ether oxygens (including phenoxy) is 1. The van der Waals surface area contributed by atoms with E-state index >= 15 is 0 Å². The molecule has 1 amide bonds. The van der Waals surface area contributed by atoms with E-state index in [-0.39, 0.29) is 17.4 Å². The summed E-state index contributed by atoms with van der Waals surface area (Å²) in [6.45, 7) is 3.16. The Morgan fingerprint density at radius 2 is 2.12 bits per heavy atom. The summed E-state index contributed by atoms with van der Waals surface area (Å²) in [5, 5.41) is 0. The fourth-order valence-electron chi connectivity index (χ4n) is 3.44. The molecule has 5 heteroatoms. The Hall–Kier alpha value is -2.56. The van der Waals surface area contributed by atoms with Crippen LogP contribution in [0.25, 0.3) is 0 Å². The number of nitrogens with zero attached hydrogens (tertiary/aromatic N) is 1. The zero-order valence-corrected chi connectivity index (χ0v) is 14.7. The second-order valence-corrected chi connectivity index (χ2v) is 6.70. The van der Waals surface area contributed by atoms with Crippen molar-refractivity contribution in [2.75, 3.05) is 13.7 Å². The van der Waals surface area contributed by atoms with Gasteiger partial charge in [-0.1, -0.05) is 25.1 Å². The molecule has 1 N–H and O–H groups in total. The summed E-state index contributed by atoms with van der Waals surface area (Å²) < 4.78 is 5.39. The number of aromatic nitrogens is 1. The topological polar surface area (TPSA) is 62.4 Å². The molecular formula is C20H24N2O3. The number of amides is 1. The van der Waals surface area contributed by atoms with Gasteiger partial charge in [-0.05, 0) is 42.0 Å². The third kappa shape index (κ3) is 3.92. The Bertz CT molecular complexity index is 813. The molecule has 0 spiro atoms. The van der Waals surface area contributed by atoms with Crippen molar-refractivity contribution in [2.45, 2.75) is 32.7 Å². The number of para-hydroxylation sites is 1. The van der Waals surface area contributed by atoms with E-state index in [2.05, 4.69) is 11.9 Å². The molecule has 2 aromatic rings. The fourth-order valence-corrected chi connectivity index (χ4v) is 3.44. The summed E-state index contributed by atoms with van der Waals surface area (Å²) in [5.41, 5.74) is 2.80. The van der Waals surface area contributed by atoms with E-state index in [9.17, 15) is 9.59 Å². The highest BCUT2D eigenvalue weighted by Gasteiger charge is 2.24. The van der Waals surface area contributed by atoms with E-state index < -0.39 is 0 Å². The monoisotopic (exact) mass is 340 g/mol. The van der Waals surface area contributed by atoms with Crippen LogP contribution >= 0.6 is 0 Å². The molecule has 1 aromatic carbocycles. The van der Waals surface area contributed by atoms with Crippen molar-refractivity contribution in [3.05, 3.63) is 63.6 Å². The van der Waals surface area contributed by atoms with Crippen LogP contribution in [0.5, 0.6) is 5.75 Å². The maximum absolute atomic E-state index is 12.7. The molecule has 1 aliphatic heterocycles. The molecule has 1 atom stereocenters. The number of fused-ring (bicyclic) bond motifs is 1. The number of rotatable bonds is 5. The number of hydrogen-bond donors (Lipinski definition) is 1. The molecule has 25 heavy (non-hydrogen) atoms. The molecule has 0 saturated carbocycles. The van der Waals surface area contributed by atoms with Gasteiger partial charge in [-0.25, -0.2) is 0 Å². The van der Waals surface area contributed by atoms with Gasteiger partial charge in [-0.3, -0.25) is 9.59 Å². The molecule has 1 aromatic heterocycles. The van der Waals surface area contributed by atoms with Crippen molar-refractivity contribution in [1.29, 1.82) is 0 Å². The number of hydrogen-bond acceptors (Lipinski definition) is 3. The highest BCUT2D eigenvalue weighted by atomic mass is 16.5. The molecule has 0 aliphatic carbocycles. The Labute approximate surface area is 147 Å². The highest BCUT2D eigenvalue weighted by Crippen LogP contribution is 2.23. The van der Waals surface area contributed by atoms with E-state index in [0.29, 0.717) is 19.5 Å². The van der Waals surface area contributed by atoms with E-state index in [1.54, 1.807) is 18.2 Å². The molecule has 5 nitrogen and oxygen atoms in total. The predicted octanol–water partition coefficient (Wildman–Crippen LogP) is 2.54. The third-order valence-electron chi connectivity index (χ3n) is 4.80. The number of methoxy groups -OCH3 is 1. The normalized spacial score (nSPS) is 14.7. The maximum Gasteiger partial charge on any atom is 0.253 e. The number of carbonyl (C=O) groups is 1. The summed E-state index contributed by atoms with van der Waals surface area (Å²) in [6.07, 6.45) is 3.68. The van der Waals surface area contributed by atoms with E-state index in [1.165, 1.54) is 0 Å². The van der Waals surface area contributed by atoms with Gasteiger partial charge in [0, 0.05) is 24.7 Å². The first kappa shape index (κ1) is 17.3. The lowest BCUT2D eigenvalue weighted by molar-refractivity contribution is -0.133. The number of aromatic amines is 1. The van der Waals surface area contributed by atoms with Gasteiger partial charge in [-0.15, -0.1) is 0 Å². The minimum atomic E-state index is -0.0860. The quantitative estimate of drug-likeness (QED) is 0.910. The van der Waals surface area contributed by atoms with E-state index in [1.807, 2.05) is 30.3 Å². The largest absolute Gasteiger partial charge is 0.496 e. The Balaban J connectivity index is 1.63. The first-order valence-corrected chi connectivity index (χ1v) is 8.67. The van der Waals surface area contributed by atoms with Gasteiger partial charge in [0.15, 0.2) is 0 Å². The van der Waals surface area contributed by atoms with Crippen LogP contribution in [0.3, 0.4) is 0 Å². The fraction of sp³-hybridized carbons (Fsp3) is 0.400. The summed E-state index contributed by atoms with van der Waals surface area (Å²) in [4.78, 5) is 29.1. The lowest BCUT2D eigenvalue weighted by atomic mass is 9.95. The van der Waals surface area contributed by atoms with Crippen LogP contribution < -0.4 is 10.3 Å². The van der Waals surface area contributed by atoms with E-state index in [0.717, 1.165) is 35.3 Å². The van der Waals surface area contributed by atoms with Gasteiger partial charge in [0.1, 0.15) is 5.75 Å². The van der Waals surface area contributed by atoms with Gasteiger partial charge in [-0.2, -0.15) is 0 Å². The number of H-pyrrole nitrogens is 1. The van der Waals surface area contributed by atoms with E-state index in [4.69, 9.17) is 4.74 Å². The zero-order chi connectivity index (χ0) is 17.8. The van der Waals surface area contributed by atoms with Crippen molar-refractivity contribution in [1.82, 2.24) is 9.88 Å². The summed E-state index contributed by atoms with van der Waals surface area (Å²) in [5.74, 6) is 1.18. The average molecular weight is 340 g/mol. The summed E-state index contributed by atoms with van der Waals surface area (Å²) in [7, 11) is 1.66. The number of nitrogens with one attached hydrogen (secondary N) is 1. The second-order valence-electron chi connectivity index (χ2n) is 6.70. The minimum Gasteiger partial charge on any atom is -0.496 e. The van der Waals surface area contributed by atoms with Gasteiger partial charge >= 0.3 is 0 Å². The van der Waals surface area contributed by atoms with Gasteiger partial charge in [0.25, 0.3) is 5.56 Å². The van der Waals surface area contributed by atoms with Crippen molar-refractivity contribution >= 4 is 5.91 Å². The van der Waals surface area contributed by atoms with Crippen molar-refractivity contribution < 1.29 is 9.53 Å². The maximum atomic E-state index is 12.7.